The van der Waals surface area contributed by atoms with Crippen molar-refractivity contribution in [1.82, 2.24) is 0 Å². The molecule has 0 saturated carbocycles. The van der Waals surface area contributed by atoms with Crippen LogP contribution >= 0.6 is 11.6 Å². The SMILES string of the molecule is CCCc1ccc(Oc2ccccc2Cl)cc1. The average molecular weight is 247 g/mol. The number of rotatable bonds is 4. The van der Waals surface area contributed by atoms with Crippen LogP contribution in [0.1, 0.15) is 18.9 Å². The molecular formula is C15H15ClO. The van der Waals surface area contributed by atoms with Crippen LogP contribution in [-0.4, -0.2) is 0 Å². The summed E-state index contributed by atoms with van der Waals surface area (Å²) >= 11 is 6.03. The Labute approximate surface area is 107 Å². The topological polar surface area (TPSA) is 9.23 Å². The summed E-state index contributed by atoms with van der Waals surface area (Å²) < 4.78 is 5.71. The van der Waals surface area contributed by atoms with E-state index >= 15 is 0 Å². The molecule has 2 heteroatoms. The molecular weight excluding hydrogens is 232 g/mol. The van der Waals surface area contributed by atoms with Crippen molar-refractivity contribution >= 4 is 11.6 Å². The molecule has 17 heavy (non-hydrogen) atoms. The molecule has 2 aromatic carbocycles. The van der Waals surface area contributed by atoms with Crippen LogP contribution in [-0.2, 0) is 6.42 Å². The molecule has 0 aromatic heterocycles. The Bertz CT molecular complexity index is 477. The maximum Gasteiger partial charge on any atom is 0.146 e. The van der Waals surface area contributed by atoms with Crippen molar-refractivity contribution in [2.45, 2.75) is 19.8 Å². The Balaban J connectivity index is 2.11. The molecule has 0 atom stereocenters. The minimum Gasteiger partial charge on any atom is -0.456 e. The number of benzene rings is 2. The van der Waals surface area contributed by atoms with Gasteiger partial charge in [-0.2, -0.15) is 0 Å². The predicted octanol–water partition coefficient (Wildman–Crippen LogP) is 5.08. The van der Waals surface area contributed by atoms with Gasteiger partial charge < -0.3 is 4.74 Å². The van der Waals surface area contributed by atoms with Gasteiger partial charge in [-0.25, -0.2) is 0 Å². The summed E-state index contributed by atoms with van der Waals surface area (Å²) in [6, 6.07) is 15.6. The van der Waals surface area contributed by atoms with Gasteiger partial charge in [0, 0.05) is 0 Å². The van der Waals surface area contributed by atoms with Gasteiger partial charge in [0.25, 0.3) is 0 Å². The molecule has 0 aliphatic heterocycles. The molecule has 0 saturated heterocycles. The summed E-state index contributed by atoms with van der Waals surface area (Å²) in [7, 11) is 0. The van der Waals surface area contributed by atoms with E-state index in [1.54, 1.807) is 0 Å². The Morgan fingerprint density at radius 1 is 1.00 bits per heavy atom. The van der Waals surface area contributed by atoms with E-state index in [0.29, 0.717) is 10.8 Å². The lowest BCUT2D eigenvalue weighted by atomic mass is 10.1. The lowest BCUT2D eigenvalue weighted by Gasteiger charge is -2.07. The minimum absolute atomic E-state index is 0.630. The highest BCUT2D eigenvalue weighted by molar-refractivity contribution is 6.32. The third-order valence-corrected chi connectivity index (χ3v) is 2.84. The van der Waals surface area contributed by atoms with Gasteiger partial charge in [0.15, 0.2) is 0 Å². The highest BCUT2D eigenvalue weighted by atomic mass is 35.5. The largest absolute Gasteiger partial charge is 0.456 e. The van der Waals surface area contributed by atoms with Crippen molar-refractivity contribution < 1.29 is 4.74 Å². The molecule has 88 valence electrons. The first-order valence-electron chi connectivity index (χ1n) is 5.81. The van der Waals surface area contributed by atoms with Crippen LogP contribution in [0.5, 0.6) is 11.5 Å². The van der Waals surface area contributed by atoms with Gasteiger partial charge in [0.2, 0.25) is 0 Å². The molecule has 0 radical (unpaired) electrons. The summed E-state index contributed by atoms with van der Waals surface area (Å²) in [5.74, 6) is 1.51. The van der Waals surface area contributed by atoms with Crippen molar-refractivity contribution in [1.29, 1.82) is 0 Å². The van der Waals surface area contributed by atoms with E-state index in [2.05, 4.69) is 19.1 Å². The Morgan fingerprint density at radius 3 is 2.35 bits per heavy atom. The van der Waals surface area contributed by atoms with E-state index in [4.69, 9.17) is 16.3 Å². The third-order valence-electron chi connectivity index (χ3n) is 2.53. The molecule has 0 spiro atoms. The number of para-hydroxylation sites is 1. The fourth-order valence-corrected chi connectivity index (χ4v) is 1.84. The second-order valence-corrected chi connectivity index (χ2v) is 4.33. The maximum absolute atomic E-state index is 6.03. The van der Waals surface area contributed by atoms with Crippen LogP contribution in [0.3, 0.4) is 0 Å². The number of halogens is 1. The van der Waals surface area contributed by atoms with E-state index in [1.165, 1.54) is 5.56 Å². The normalized spacial score (nSPS) is 10.2. The second kappa shape index (κ2) is 5.74. The van der Waals surface area contributed by atoms with Crippen molar-refractivity contribution in [3.63, 3.8) is 0 Å². The van der Waals surface area contributed by atoms with Crippen LogP contribution in [0.4, 0.5) is 0 Å². The van der Waals surface area contributed by atoms with Gasteiger partial charge >= 0.3 is 0 Å². The molecule has 0 aliphatic carbocycles. The van der Waals surface area contributed by atoms with E-state index in [1.807, 2.05) is 36.4 Å². The van der Waals surface area contributed by atoms with Gasteiger partial charge in [-0.05, 0) is 36.2 Å². The van der Waals surface area contributed by atoms with Crippen molar-refractivity contribution in [3.05, 3.63) is 59.1 Å². The maximum atomic E-state index is 6.03. The predicted molar refractivity (Wildman–Crippen MR) is 72.0 cm³/mol. The van der Waals surface area contributed by atoms with E-state index in [9.17, 15) is 0 Å². The number of ether oxygens (including phenoxy) is 1. The summed E-state index contributed by atoms with van der Waals surface area (Å²) in [5, 5.41) is 0.630. The van der Waals surface area contributed by atoms with Gasteiger partial charge in [-0.1, -0.05) is 49.2 Å². The Hall–Kier alpha value is -1.47. The van der Waals surface area contributed by atoms with Crippen LogP contribution in [0, 0.1) is 0 Å². The zero-order valence-electron chi connectivity index (χ0n) is 9.82. The number of hydrogen-bond acceptors (Lipinski definition) is 1. The molecule has 0 N–H and O–H groups in total. The van der Waals surface area contributed by atoms with Gasteiger partial charge in [-0.3, -0.25) is 0 Å². The molecule has 0 heterocycles. The van der Waals surface area contributed by atoms with Crippen molar-refractivity contribution in [3.8, 4) is 11.5 Å². The molecule has 1 nitrogen and oxygen atoms in total. The van der Waals surface area contributed by atoms with Crippen LogP contribution < -0.4 is 4.74 Å². The van der Waals surface area contributed by atoms with E-state index < -0.39 is 0 Å². The van der Waals surface area contributed by atoms with Crippen LogP contribution in [0.2, 0.25) is 5.02 Å². The van der Waals surface area contributed by atoms with Crippen LogP contribution in [0.25, 0.3) is 0 Å². The summed E-state index contributed by atoms with van der Waals surface area (Å²) in [5.41, 5.74) is 1.33. The lowest BCUT2D eigenvalue weighted by molar-refractivity contribution is 0.482. The quantitative estimate of drug-likeness (QED) is 0.731. The minimum atomic E-state index is 0.630. The molecule has 0 bridgehead atoms. The lowest BCUT2D eigenvalue weighted by Crippen LogP contribution is -1.86. The molecule has 0 unspecified atom stereocenters. The molecule has 0 aliphatic rings. The average Bonchev–Trinajstić information content (AvgIpc) is 2.35. The Kier molecular flexibility index (Phi) is 4.05. The zero-order valence-corrected chi connectivity index (χ0v) is 10.6. The second-order valence-electron chi connectivity index (χ2n) is 3.93. The van der Waals surface area contributed by atoms with Crippen molar-refractivity contribution in [2.75, 3.05) is 0 Å². The highest BCUT2D eigenvalue weighted by Crippen LogP contribution is 2.28. The molecule has 2 aromatic rings. The first-order valence-corrected chi connectivity index (χ1v) is 6.18. The molecule has 2 rings (SSSR count). The summed E-state index contributed by atoms with van der Waals surface area (Å²) in [4.78, 5) is 0. The fourth-order valence-electron chi connectivity index (χ4n) is 1.67. The summed E-state index contributed by atoms with van der Waals surface area (Å²) in [6.45, 7) is 2.17. The summed E-state index contributed by atoms with van der Waals surface area (Å²) in [6.07, 6.45) is 2.26. The first-order chi connectivity index (χ1) is 8.29. The van der Waals surface area contributed by atoms with Crippen LogP contribution in [0.15, 0.2) is 48.5 Å². The first kappa shape index (κ1) is 12.0. The zero-order chi connectivity index (χ0) is 12.1. The van der Waals surface area contributed by atoms with E-state index in [0.717, 1.165) is 18.6 Å². The standard InChI is InChI=1S/C15H15ClO/c1-2-5-12-8-10-13(11-9-12)17-15-7-4-3-6-14(15)16/h3-4,6-11H,2,5H2,1H3. The molecule has 0 amide bonds. The van der Waals surface area contributed by atoms with Gasteiger partial charge in [-0.15, -0.1) is 0 Å². The fraction of sp³-hybridized carbons (Fsp3) is 0.200. The highest BCUT2D eigenvalue weighted by Gasteiger charge is 2.01. The Morgan fingerprint density at radius 2 is 1.71 bits per heavy atom. The molecule has 0 fully saturated rings. The van der Waals surface area contributed by atoms with Crippen molar-refractivity contribution in [2.24, 2.45) is 0 Å². The number of aryl methyl sites for hydroxylation is 1. The smallest absolute Gasteiger partial charge is 0.146 e. The van der Waals surface area contributed by atoms with Gasteiger partial charge in [0.05, 0.1) is 5.02 Å². The van der Waals surface area contributed by atoms with Gasteiger partial charge in [0.1, 0.15) is 11.5 Å². The monoisotopic (exact) mass is 246 g/mol. The third kappa shape index (κ3) is 3.24. The number of hydrogen-bond donors (Lipinski definition) is 0. The van der Waals surface area contributed by atoms with E-state index in [-0.39, 0.29) is 0 Å².